The second kappa shape index (κ2) is 7.62. The van der Waals surface area contributed by atoms with E-state index in [0.29, 0.717) is 17.5 Å². The van der Waals surface area contributed by atoms with Crippen molar-refractivity contribution in [1.82, 2.24) is 4.90 Å². The molecule has 1 atom stereocenters. The summed E-state index contributed by atoms with van der Waals surface area (Å²) in [7, 11) is -2.92. The summed E-state index contributed by atoms with van der Waals surface area (Å²) in [6.45, 7) is 7.13. The van der Waals surface area contributed by atoms with E-state index in [1.54, 1.807) is 0 Å². The molecule has 1 fully saturated rings. The minimum absolute atomic E-state index is 0.0164. The Hall–Kier alpha value is -1.14. The molecule has 1 aromatic rings. The van der Waals surface area contributed by atoms with Crippen LogP contribution in [0.5, 0.6) is 0 Å². The van der Waals surface area contributed by atoms with Crippen molar-refractivity contribution in [3.8, 4) is 0 Å². The van der Waals surface area contributed by atoms with Gasteiger partial charge in [-0.15, -0.1) is 0 Å². The van der Waals surface area contributed by atoms with E-state index in [2.05, 4.69) is 43.1 Å². The number of rotatable bonds is 5. The van der Waals surface area contributed by atoms with Crippen LogP contribution in [-0.4, -0.2) is 42.5 Å². The molecule has 1 N–H and O–H groups in total. The first kappa shape index (κ1) is 18.2. The largest absolute Gasteiger partial charge is 0.345 e. The van der Waals surface area contributed by atoms with Crippen LogP contribution in [0.2, 0.25) is 0 Å². The van der Waals surface area contributed by atoms with E-state index in [1.165, 1.54) is 5.56 Å². The molecule has 0 aromatic heterocycles. The lowest BCUT2D eigenvalue weighted by Gasteiger charge is -2.32. The maximum absolute atomic E-state index is 11.8. The van der Waals surface area contributed by atoms with Crippen LogP contribution in [0.25, 0.3) is 0 Å². The van der Waals surface area contributed by atoms with Gasteiger partial charge in [-0.1, -0.05) is 32.9 Å². The monoisotopic (exact) mass is 354 g/mol. The SMILES string of the molecule is CCc1ccc(NC(=S)N(CC(C)C)[C@H]2CCS(=O)(=O)C2)cc1. The highest BCUT2D eigenvalue weighted by Gasteiger charge is 2.33. The Morgan fingerprint density at radius 1 is 1.35 bits per heavy atom. The molecule has 0 aliphatic carbocycles. The lowest BCUT2D eigenvalue weighted by atomic mass is 10.1. The molecule has 1 saturated heterocycles. The molecule has 4 nitrogen and oxygen atoms in total. The zero-order valence-electron chi connectivity index (χ0n) is 14.1. The summed E-state index contributed by atoms with van der Waals surface area (Å²) in [5.74, 6) is 0.886. The van der Waals surface area contributed by atoms with Gasteiger partial charge in [0.1, 0.15) is 0 Å². The fourth-order valence-corrected chi connectivity index (χ4v) is 4.90. The Morgan fingerprint density at radius 2 is 2.00 bits per heavy atom. The Kier molecular flexibility index (Phi) is 6.03. The summed E-state index contributed by atoms with van der Waals surface area (Å²) in [5.41, 5.74) is 2.23. The third kappa shape index (κ3) is 5.18. The minimum Gasteiger partial charge on any atom is -0.345 e. The summed E-state index contributed by atoms with van der Waals surface area (Å²) < 4.78 is 23.6. The summed E-state index contributed by atoms with van der Waals surface area (Å²) >= 11 is 5.57. The van der Waals surface area contributed by atoms with E-state index >= 15 is 0 Å². The van der Waals surface area contributed by atoms with Gasteiger partial charge in [0.25, 0.3) is 0 Å². The number of aryl methyl sites for hydroxylation is 1. The molecule has 1 aliphatic rings. The molecule has 0 bridgehead atoms. The Morgan fingerprint density at radius 3 is 2.48 bits per heavy atom. The summed E-state index contributed by atoms with van der Waals surface area (Å²) in [5, 5.41) is 3.88. The van der Waals surface area contributed by atoms with E-state index in [4.69, 9.17) is 12.2 Å². The van der Waals surface area contributed by atoms with Gasteiger partial charge in [0.2, 0.25) is 0 Å². The van der Waals surface area contributed by atoms with Crippen molar-refractivity contribution < 1.29 is 8.42 Å². The van der Waals surface area contributed by atoms with Gasteiger partial charge in [0, 0.05) is 18.3 Å². The quantitative estimate of drug-likeness (QED) is 0.824. The molecular formula is C17H26N2O2S2. The van der Waals surface area contributed by atoms with Crippen molar-refractivity contribution in [1.29, 1.82) is 0 Å². The van der Waals surface area contributed by atoms with Gasteiger partial charge in [0.15, 0.2) is 14.9 Å². The second-order valence-electron chi connectivity index (χ2n) is 6.58. The fraction of sp³-hybridized carbons (Fsp3) is 0.588. The van der Waals surface area contributed by atoms with Gasteiger partial charge in [-0.3, -0.25) is 0 Å². The fourth-order valence-electron chi connectivity index (χ4n) is 2.83. The van der Waals surface area contributed by atoms with Gasteiger partial charge in [-0.2, -0.15) is 0 Å². The summed E-state index contributed by atoms with van der Waals surface area (Å²) in [6.07, 6.45) is 1.66. The standard InChI is InChI=1S/C17H26N2O2S2/c1-4-14-5-7-15(8-6-14)18-17(22)19(11-13(2)3)16-9-10-23(20,21)12-16/h5-8,13,16H,4,9-12H2,1-3H3,(H,18,22)/t16-/m0/s1. The van der Waals surface area contributed by atoms with Gasteiger partial charge in [0.05, 0.1) is 11.5 Å². The summed E-state index contributed by atoms with van der Waals surface area (Å²) in [6, 6.07) is 8.18. The van der Waals surface area contributed by atoms with Crippen LogP contribution in [0.4, 0.5) is 5.69 Å². The normalized spacial score (nSPS) is 19.7. The molecular weight excluding hydrogens is 328 g/mol. The number of thiocarbonyl (C=S) groups is 1. The van der Waals surface area contributed by atoms with Crippen molar-refractivity contribution in [3.63, 3.8) is 0 Å². The minimum atomic E-state index is -2.92. The highest BCUT2D eigenvalue weighted by molar-refractivity contribution is 7.91. The third-order valence-corrected chi connectivity index (χ3v) is 6.17. The molecule has 0 unspecified atom stereocenters. The molecule has 0 spiro atoms. The number of sulfone groups is 1. The predicted molar refractivity (Wildman–Crippen MR) is 101 cm³/mol. The zero-order valence-corrected chi connectivity index (χ0v) is 15.7. The van der Waals surface area contributed by atoms with E-state index in [0.717, 1.165) is 18.7 Å². The molecule has 0 saturated carbocycles. The number of hydrogen-bond donors (Lipinski definition) is 1. The highest BCUT2D eigenvalue weighted by Crippen LogP contribution is 2.21. The maximum atomic E-state index is 11.8. The molecule has 128 valence electrons. The first-order valence-corrected chi connectivity index (χ1v) is 10.4. The highest BCUT2D eigenvalue weighted by atomic mass is 32.2. The van der Waals surface area contributed by atoms with Gasteiger partial charge >= 0.3 is 0 Å². The maximum Gasteiger partial charge on any atom is 0.173 e. The van der Waals surface area contributed by atoms with Crippen LogP contribution in [0, 0.1) is 5.92 Å². The Bertz CT molecular complexity index is 639. The van der Waals surface area contributed by atoms with Crippen LogP contribution in [-0.2, 0) is 16.3 Å². The molecule has 2 rings (SSSR count). The number of benzene rings is 1. The lowest BCUT2D eigenvalue weighted by Crippen LogP contribution is -2.45. The van der Waals surface area contributed by atoms with E-state index in [-0.39, 0.29) is 17.5 Å². The Balaban J connectivity index is 2.09. The lowest BCUT2D eigenvalue weighted by molar-refractivity contribution is 0.303. The van der Waals surface area contributed by atoms with Crippen LogP contribution in [0.1, 0.15) is 32.8 Å². The van der Waals surface area contributed by atoms with E-state index in [9.17, 15) is 8.42 Å². The molecule has 1 heterocycles. The van der Waals surface area contributed by atoms with Crippen molar-refractivity contribution >= 4 is 32.9 Å². The van der Waals surface area contributed by atoms with Gasteiger partial charge in [-0.05, 0) is 48.7 Å². The number of nitrogens with zero attached hydrogens (tertiary/aromatic N) is 1. The van der Waals surface area contributed by atoms with Gasteiger partial charge in [-0.25, -0.2) is 8.42 Å². The van der Waals surface area contributed by atoms with Crippen LogP contribution >= 0.6 is 12.2 Å². The molecule has 1 aromatic carbocycles. The molecule has 0 amide bonds. The molecule has 6 heteroatoms. The molecule has 23 heavy (non-hydrogen) atoms. The van der Waals surface area contributed by atoms with E-state index < -0.39 is 9.84 Å². The van der Waals surface area contributed by atoms with Crippen LogP contribution in [0.15, 0.2) is 24.3 Å². The number of anilines is 1. The smallest absolute Gasteiger partial charge is 0.173 e. The Labute approximate surface area is 145 Å². The number of hydrogen-bond acceptors (Lipinski definition) is 3. The summed E-state index contributed by atoms with van der Waals surface area (Å²) in [4.78, 5) is 2.05. The topological polar surface area (TPSA) is 49.4 Å². The van der Waals surface area contributed by atoms with Crippen molar-refractivity contribution in [2.75, 3.05) is 23.4 Å². The zero-order chi connectivity index (χ0) is 17.0. The number of nitrogens with one attached hydrogen (secondary N) is 1. The first-order chi connectivity index (χ1) is 10.8. The van der Waals surface area contributed by atoms with Crippen molar-refractivity contribution in [3.05, 3.63) is 29.8 Å². The van der Waals surface area contributed by atoms with Crippen LogP contribution in [0.3, 0.4) is 0 Å². The average Bonchev–Trinajstić information content (AvgIpc) is 2.85. The van der Waals surface area contributed by atoms with Crippen LogP contribution < -0.4 is 5.32 Å². The van der Waals surface area contributed by atoms with E-state index in [1.807, 2.05) is 12.1 Å². The first-order valence-electron chi connectivity index (χ1n) is 8.17. The third-order valence-electron chi connectivity index (χ3n) is 4.09. The van der Waals surface area contributed by atoms with Crippen molar-refractivity contribution in [2.45, 2.75) is 39.7 Å². The van der Waals surface area contributed by atoms with Gasteiger partial charge < -0.3 is 10.2 Å². The second-order valence-corrected chi connectivity index (χ2v) is 9.20. The predicted octanol–water partition coefficient (Wildman–Crippen LogP) is 3.09. The average molecular weight is 355 g/mol. The molecule has 0 radical (unpaired) electrons. The molecule has 1 aliphatic heterocycles. The van der Waals surface area contributed by atoms with Crippen molar-refractivity contribution in [2.24, 2.45) is 5.92 Å².